The van der Waals surface area contributed by atoms with E-state index < -0.39 is 37.0 Å². The summed E-state index contributed by atoms with van der Waals surface area (Å²) >= 11 is 0. The van der Waals surface area contributed by atoms with Crippen molar-refractivity contribution in [3.63, 3.8) is 0 Å². The molecule has 10 heteroatoms. The molecule has 0 aliphatic carbocycles. The molecular formula is C12H17N5O5. The molecule has 5 N–H and O–H groups in total. The number of hydrogen-bond donors (Lipinski definition) is 4. The standard InChI is InChI=1S/C12H17N5O5/c1-16-4-17(12-9(20)8(19)5(3-18)22-12)10-7(16)11(21)15-6(2-13)14-10/h4-5,8-9,12,18-20H,2-3,13H2,1H3/t5-,8+,9?,12-/m1/s1. The lowest BCUT2D eigenvalue weighted by molar-refractivity contribution is -0.746. The van der Waals surface area contributed by atoms with Gasteiger partial charge in [-0.15, -0.1) is 0 Å². The fraction of sp³-hybridized carbons (Fsp3) is 0.583. The molecule has 1 aliphatic heterocycles. The number of imidazole rings is 1. The van der Waals surface area contributed by atoms with E-state index in [9.17, 15) is 15.3 Å². The second-order valence-corrected chi connectivity index (χ2v) is 5.18. The average Bonchev–Trinajstić information content (AvgIpc) is 2.98. The van der Waals surface area contributed by atoms with Crippen molar-refractivity contribution in [3.05, 3.63) is 12.2 Å². The molecule has 0 spiro atoms. The predicted molar refractivity (Wildman–Crippen MR) is 69.1 cm³/mol. The molecule has 1 fully saturated rings. The maximum atomic E-state index is 12.0. The Hall–Kier alpha value is -1.85. The zero-order chi connectivity index (χ0) is 16.0. The number of hydrogen-bond acceptors (Lipinski definition) is 8. The Morgan fingerprint density at radius 2 is 2.14 bits per heavy atom. The number of aliphatic hydroxyl groups is 3. The van der Waals surface area contributed by atoms with Gasteiger partial charge in [-0.2, -0.15) is 0 Å². The van der Waals surface area contributed by atoms with Crippen LogP contribution in [-0.4, -0.2) is 54.8 Å². The number of aryl methyl sites for hydroxylation is 1. The van der Waals surface area contributed by atoms with Crippen molar-refractivity contribution >= 4 is 11.2 Å². The zero-order valence-electron chi connectivity index (χ0n) is 11.8. The first-order chi connectivity index (χ1) is 10.5. The van der Waals surface area contributed by atoms with E-state index in [0.29, 0.717) is 0 Å². The van der Waals surface area contributed by atoms with Crippen molar-refractivity contribution in [1.29, 1.82) is 0 Å². The lowest BCUT2D eigenvalue weighted by Gasteiger charge is -2.12. The van der Waals surface area contributed by atoms with Crippen molar-refractivity contribution in [3.8, 4) is 5.88 Å². The summed E-state index contributed by atoms with van der Waals surface area (Å²) < 4.78 is 8.40. The van der Waals surface area contributed by atoms with Crippen LogP contribution in [-0.2, 0) is 18.3 Å². The first-order valence-electron chi connectivity index (χ1n) is 6.74. The average molecular weight is 311 g/mol. The Morgan fingerprint density at radius 3 is 2.73 bits per heavy atom. The summed E-state index contributed by atoms with van der Waals surface area (Å²) in [5, 5.41) is 41.2. The molecule has 3 rings (SSSR count). The number of aromatic nitrogens is 4. The molecule has 1 aliphatic rings. The Labute approximate surface area is 125 Å². The smallest absolute Gasteiger partial charge is 0.306 e. The van der Waals surface area contributed by atoms with Crippen LogP contribution >= 0.6 is 0 Å². The third-order valence-corrected chi connectivity index (χ3v) is 3.75. The molecule has 4 atom stereocenters. The van der Waals surface area contributed by atoms with Crippen LogP contribution in [0.4, 0.5) is 0 Å². The molecular weight excluding hydrogens is 294 g/mol. The summed E-state index contributed by atoms with van der Waals surface area (Å²) in [7, 11) is 1.63. The van der Waals surface area contributed by atoms with Gasteiger partial charge in [0, 0.05) is 5.88 Å². The van der Waals surface area contributed by atoms with Gasteiger partial charge in [0.15, 0.2) is 11.8 Å². The Balaban J connectivity index is 2.13. The quantitative estimate of drug-likeness (QED) is 0.424. The summed E-state index contributed by atoms with van der Waals surface area (Å²) in [4.78, 5) is 7.97. The molecule has 1 unspecified atom stereocenters. The maximum absolute atomic E-state index is 12.0. The highest BCUT2D eigenvalue weighted by Crippen LogP contribution is 2.27. The molecule has 0 amide bonds. The van der Waals surface area contributed by atoms with Gasteiger partial charge in [0.1, 0.15) is 18.3 Å². The number of rotatable bonds is 3. The van der Waals surface area contributed by atoms with Crippen LogP contribution in [0.3, 0.4) is 0 Å². The SMILES string of the molecule is Cn1c[n+]([C@@H]2O[C@H](CO)[C@H](O)C2O)c2nc(CN)nc([O-])c21. The van der Waals surface area contributed by atoms with Gasteiger partial charge in [-0.3, -0.25) is 4.57 Å². The highest BCUT2D eigenvalue weighted by atomic mass is 16.6. The highest BCUT2D eigenvalue weighted by Gasteiger charge is 2.46. The number of ether oxygens (including phenoxy) is 1. The van der Waals surface area contributed by atoms with Crippen molar-refractivity contribution in [2.45, 2.75) is 31.1 Å². The van der Waals surface area contributed by atoms with Gasteiger partial charge in [0.2, 0.25) is 12.1 Å². The van der Waals surface area contributed by atoms with Crippen LogP contribution in [0, 0.1) is 0 Å². The summed E-state index contributed by atoms with van der Waals surface area (Å²) in [6, 6.07) is 0. The van der Waals surface area contributed by atoms with Gasteiger partial charge in [0.05, 0.1) is 20.2 Å². The minimum absolute atomic E-state index is 0.00393. The number of nitrogens with two attached hydrogens (primary N) is 1. The topological polar surface area (TPSA) is 154 Å². The molecule has 0 radical (unpaired) electrons. The molecule has 22 heavy (non-hydrogen) atoms. The van der Waals surface area contributed by atoms with Crippen LogP contribution in [0.25, 0.3) is 11.2 Å². The number of fused-ring (bicyclic) bond motifs is 1. The van der Waals surface area contributed by atoms with Gasteiger partial charge in [-0.05, 0) is 0 Å². The molecule has 3 heterocycles. The Morgan fingerprint density at radius 1 is 1.41 bits per heavy atom. The molecule has 10 nitrogen and oxygen atoms in total. The van der Waals surface area contributed by atoms with Crippen LogP contribution in [0.2, 0.25) is 0 Å². The molecule has 1 saturated heterocycles. The van der Waals surface area contributed by atoms with E-state index in [0.717, 1.165) is 0 Å². The van der Waals surface area contributed by atoms with E-state index in [2.05, 4.69) is 9.97 Å². The van der Waals surface area contributed by atoms with Gasteiger partial charge in [0.25, 0.3) is 0 Å². The van der Waals surface area contributed by atoms with Gasteiger partial charge >= 0.3 is 5.65 Å². The van der Waals surface area contributed by atoms with Crippen molar-refractivity contribution in [2.24, 2.45) is 12.8 Å². The summed E-state index contributed by atoms with van der Waals surface area (Å²) in [5.74, 6) is -0.317. The lowest BCUT2D eigenvalue weighted by atomic mass is 10.1. The number of nitrogens with zero attached hydrogens (tertiary/aromatic N) is 4. The van der Waals surface area contributed by atoms with E-state index in [1.165, 1.54) is 15.5 Å². The monoisotopic (exact) mass is 311 g/mol. The number of aliphatic hydroxyl groups excluding tert-OH is 3. The van der Waals surface area contributed by atoms with Crippen LogP contribution < -0.4 is 15.4 Å². The van der Waals surface area contributed by atoms with E-state index >= 15 is 0 Å². The van der Waals surface area contributed by atoms with Gasteiger partial charge in [-0.25, -0.2) is 9.55 Å². The fourth-order valence-corrected chi connectivity index (χ4v) is 2.64. The summed E-state index contributed by atoms with van der Waals surface area (Å²) in [6.07, 6.45) is -2.87. The minimum Gasteiger partial charge on any atom is -0.856 e. The largest absolute Gasteiger partial charge is 0.856 e. The first kappa shape index (κ1) is 15.1. The van der Waals surface area contributed by atoms with E-state index in [1.807, 2.05) is 0 Å². The molecule has 120 valence electrons. The van der Waals surface area contributed by atoms with E-state index in [-0.39, 0.29) is 23.5 Å². The lowest BCUT2D eigenvalue weighted by Crippen LogP contribution is -2.46. The third kappa shape index (κ3) is 2.12. The second-order valence-electron chi connectivity index (χ2n) is 5.18. The zero-order valence-corrected chi connectivity index (χ0v) is 11.8. The maximum Gasteiger partial charge on any atom is 0.306 e. The normalized spacial score (nSPS) is 28.6. The van der Waals surface area contributed by atoms with Crippen molar-refractivity contribution in [1.82, 2.24) is 14.5 Å². The molecule has 0 saturated carbocycles. The van der Waals surface area contributed by atoms with Gasteiger partial charge < -0.3 is 30.9 Å². The Bertz CT molecular complexity index is 705. The molecule has 2 aromatic rings. The Kier molecular flexibility index (Phi) is 3.70. The minimum atomic E-state index is -1.26. The summed E-state index contributed by atoms with van der Waals surface area (Å²) in [6.45, 7) is -0.439. The van der Waals surface area contributed by atoms with Crippen LogP contribution in [0.5, 0.6) is 5.88 Å². The molecule has 0 bridgehead atoms. The molecule has 2 aromatic heterocycles. The van der Waals surface area contributed by atoms with Crippen molar-refractivity contribution in [2.75, 3.05) is 6.61 Å². The van der Waals surface area contributed by atoms with Crippen LogP contribution in [0.15, 0.2) is 6.33 Å². The van der Waals surface area contributed by atoms with Crippen LogP contribution in [0.1, 0.15) is 12.1 Å². The highest BCUT2D eigenvalue weighted by molar-refractivity contribution is 5.72. The molecule has 0 aromatic carbocycles. The first-order valence-corrected chi connectivity index (χ1v) is 6.74. The summed E-state index contributed by atoms with van der Waals surface area (Å²) in [5.41, 5.74) is 5.96. The van der Waals surface area contributed by atoms with Gasteiger partial charge in [-0.1, -0.05) is 4.98 Å². The predicted octanol–water partition coefficient (Wildman–Crippen LogP) is -3.60. The van der Waals surface area contributed by atoms with Crippen molar-refractivity contribution < 1.29 is 29.7 Å². The third-order valence-electron chi connectivity index (χ3n) is 3.75. The van der Waals surface area contributed by atoms with E-state index in [4.69, 9.17) is 15.6 Å². The van der Waals surface area contributed by atoms with E-state index in [1.54, 1.807) is 7.05 Å². The fourth-order valence-electron chi connectivity index (χ4n) is 2.64. The second kappa shape index (κ2) is 5.41.